The first-order valence-electron chi connectivity index (χ1n) is 8.02. The molecule has 0 saturated heterocycles. The number of benzene rings is 1. The molecular formula is C17H26N2O. The lowest BCUT2D eigenvalue weighted by Gasteiger charge is -2.22. The number of nitrogens with one attached hydrogen (secondary N) is 1. The van der Waals surface area contributed by atoms with Crippen molar-refractivity contribution in [1.29, 1.82) is 0 Å². The third-order valence-corrected chi connectivity index (χ3v) is 4.93. The molecule has 3 atom stereocenters. The molecule has 3 nitrogen and oxygen atoms in total. The van der Waals surface area contributed by atoms with Crippen LogP contribution in [-0.4, -0.2) is 13.2 Å². The molecule has 1 aromatic rings. The van der Waals surface area contributed by atoms with E-state index in [1.807, 2.05) is 12.1 Å². The molecule has 20 heavy (non-hydrogen) atoms. The highest BCUT2D eigenvalue weighted by molar-refractivity contribution is 5.61. The first-order valence-corrected chi connectivity index (χ1v) is 8.02. The van der Waals surface area contributed by atoms with Crippen molar-refractivity contribution in [3.8, 4) is 5.75 Å². The summed E-state index contributed by atoms with van der Waals surface area (Å²) in [4.78, 5) is 0. The number of fused-ring (bicyclic) bond motifs is 2. The van der Waals surface area contributed by atoms with Gasteiger partial charge in [0.2, 0.25) is 0 Å². The van der Waals surface area contributed by atoms with Gasteiger partial charge in [0.15, 0.2) is 0 Å². The van der Waals surface area contributed by atoms with Gasteiger partial charge in [-0.25, -0.2) is 0 Å². The first-order chi connectivity index (χ1) is 9.76. The topological polar surface area (TPSA) is 47.3 Å². The maximum absolute atomic E-state index is 5.95. The van der Waals surface area contributed by atoms with Crippen molar-refractivity contribution in [2.75, 3.05) is 24.2 Å². The molecule has 2 aliphatic rings. The van der Waals surface area contributed by atoms with Gasteiger partial charge in [-0.15, -0.1) is 0 Å². The van der Waals surface area contributed by atoms with E-state index in [0.717, 1.165) is 54.5 Å². The van der Waals surface area contributed by atoms with Crippen molar-refractivity contribution in [2.24, 2.45) is 17.8 Å². The molecule has 0 radical (unpaired) electrons. The van der Waals surface area contributed by atoms with Gasteiger partial charge in [0.1, 0.15) is 5.75 Å². The Morgan fingerprint density at radius 2 is 2.20 bits per heavy atom. The average Bonchev–Trinajstić information content (AvgIpc) is 3.07. The first kappa shape index (κ1) is 13.6. The Balaban J connectivity index is 1.57. The SMILES string of the molecule is CCCOc1cc(NCC2CC3CCC2C3)ccc1N. The number of nitrogen functional groups attached to an aromatic ring is 1. The van der Waals surface area contributed by atoms with E-state index < -0.39 is 0 Å². The molecule has 0 aromatic heterocycles. The number of hydrogen-bond donors (Lipinski definition) is 2. The predicted molar refractivity (Wildman–Crippen MR) is 84.1 cm³/mol. The zero-order valence-electron chi connectivity index (χ0n) is 12.4. The normalized spacial score (nSPS) is 27.8. The average molecular weight is 274 g/mol. The molecule has 110 valence electrons. The van der Waals surface area contributed by atoms with Gasteiger partial charge in [-0.1, -0.05) is 13.3 Å². The Hall–Kier alpha value is -1.38. The van der Waals surface area contributed by atoms with Crippen LogP contribution < -0.4 is 15.8 Å². The zero-order chi connectivity index (χ0) is 13.9. The van der Waals surface area contributed by atoms with Gasteiger partial charge in [0, 0.05) is 18.3 Å². The molecular weight excluding hydrogens is 248 g/mol. The number of ether oxygens (including phenoxy) is 1. The van der Waals surface area contributed by atoms with Crippen molar-refractivity contribution in [3.05, 3.63) is 18.2 Å². The smallest absolute Gasteiger partial charge is 0.144 e. The second kappa shape index (κ2) is 5.94. The van der Waals surface area contributed by atoms with Gasteiger partial charge in [-0.05, 0) is 55.6 Å². The molecule has 2 aliphatic carbocycles. The Morgan fingerprint density at radius 3 is 2.90 bits per heavy atom. The van der Waals surface area contributed by atoms with Crippen LogP contribution >= 0.6 is 0 Å². The summed E-state index contributed by atoms with van der Waals surface area (Å²) in [6, 6.07) is 6.04. The fraction of sp³-hybridized carbons (Fsp3) is 0.647. The quantitative estimate of drug-likeness (QED) is 0.773. The summed E-state index contributed by atoms with van der Waals surface area (Å²) >= 11 is 0. The highest BCUT2D eigenvalue weighted by Crippen LogP contribution is 2.48. The van der Waals surface area contributed by atoms with E-state index in [2.05, 4.69) is 18.3 Å². The molecule has 3 unspecified atom stereocenters. The molecule has 3 rings (SSSR count). The molecule has 3 N–H and O–H groups in total. The van der Waals surface area contributed by atoms with Crippen LogP contribution in [0.1, 0.15) is 39.0 Å². The molecule has 1 aromatic carbocycles. The summed E-state index contributed by atoms with van der Waals surface area (Å²) < 4.78 is 5.68. The fourth-order valence-corrected chi connectivity index (χ4v) is 3.86. The number of rotatable bonds is 6. The molecule has 0 amide bonds. The van der Waals surface area contributed by atoms with Gasteiger partial charge >= 0.3 is 0 Å². The Labute approximate surface area is 121 Å². The molecule has 2 saturated carbocycles. The van der Waals surface area contributed by atoms with E-state index >= 15 is 0 Å². The minimum atomic E-state index is 0.722. The molecule has 3 heteroatoms. The molecule has 2 fully saturated rings. The maximum atomic E-state index is 5.95. The third-order valence-electron chi connectivity index (χ3n) is 4.93. The van der Waals surface area contributed by atoms with E-state index in [1.54, 1.807) is 0 Å². The standard InChI is InChI=1S/C17H26N2O/c1-2-7-20-17-10-15(5-6-16(17)18)19-11-14-9-12-3-4-13(14)8-12/h5-6,10,12-14,19H,2-4,7-9,11,18H2,1H3. The summed E-state index contributed by atoms with van der Waals surface area (Å²) in [6.45, 7) is 3.92. The van der Waals surface area contributed by atoms with E-state index in [4.69, 9.17) is 10.5 Å². The Morgan fingerprint density at radius 1 is 1.30 bits per heavy atom. The molecule has 0 heterocycles. The second-order valence-electron chi connectivity index (χ2n) is 6.42. The van der Waals surface area contributed by atoms with Crippen LogP contribution in [0, 0.1) is 17.8 Å². The lowest BCUT2D eigenvalue weighted by Crippen LogP contribution is -2.20. The molecule has 0 spiro atoms. The van der Waals surface area contributed by atoms with E-state index in [1.165, 1.54) is 25.7 Å². The summed E-state index contributed by atoms with van der Waals surface area (Å²) in [5.41, 5.74) is 7.80. The van der Waals surface area contributed by atoms with Gasteiger partial charge in [-0.3, -0.25) is 0 Å². The minimum absolute atomic E-state index is 0.722. The number of anilines is 2. The van der Waals surface area contributed by atoms with Crippen LogP contribution in [0.15, 0.2) is 18.2 Å². The highest BCUT2D eigenvalue weighted by atomic mass is 16.5. The summed E-state index contributed by atoms with van der Waals surface area (Å²) in [5.74, 6) is 3.66. The van der Waals surface area contributed by atoms with Gasteiger partial charge in [-0.2, -0.15) is 0 Å². The van der Waals surface area contributed by atoms with Crippen LogP contribution in [0.25, 0.3) is 0 Å². The summed E-state index contributed by atoms with van der Waals surface area (Å²) in [6.07, 6.45) is 6.81. The van der Waals surface area contributed by atoms with Crippen molar-refractivity contribution in [1.82, 2.24) is 0 Å². The predicted octanol–water partition coefficient (Wildman–Crippen LogP) is 3.91. The van der Waals surface area contributed by atoms with Crippen LogP contribution in [0.3, 0.4) is 0 Å². The lowest BCUT2D eigenvalue weighted by atomic mass is 9.89. The largest absolute Gasteiger partial charge is 0.491 e. The summed E-state index contributed by atoms with van der Waals surface area (Å²) in [7, 11) is 0. The van der Waals surface area contributed by atoms with Crippen LogP contribution in [-0.2, 0) is 0 Å². The fourth-order valence-electron chi connectivity index (χ4n) is 3.86. The minimum Gasteiger partial charge on any atom is -0.491 e. The van der Waals surface area contributed by atoms with E-state index in [9.17, 15) is 0 Å². The van der Waals surface area contributed by atoms with Crippen molar-refractivity contribution in [2.45, 2.75) is 39.0 Å². The Kier molecular flexibility index (Phi) is 4.04. The van der Waals surface area contributed by atoms with Gasteiger partial charge in [0.25, 0.3) is 0 Å². The third kappa shape index (κ3) is 2.87. The zero-order valence-corrected chi connectivity index (χ0v) is 12.4. The monoisotopic (exact) mass is 274 g/mol. The number of nitrogens with two attached hydrogens (primary N) is 1. The highest BCUT2D eigenvalue weighted by Gasteiger charge is 2.38. The van der Waals surface area contributed by atoms with Crippen LogP contribution in [0.5, 0.6) is 5.75 Å². The van der Waals surface area contributed by atoms with Gasteiger partial charge in [0.05, 0.1) is 12.3 Å². The van der Waals surface area contributed by atoms with Crippen LogP contribution in [0.4, 0.5) is 11.4 Å². The summed E-state index contributed by atoms with van der Waals surface area (Å²) in [5, 5.41) is 3.58. The van der Waals surface area contributed by atoms with Gasteiger partial charge < -0.3 is 15.8 Å². The lowest BCUT2D eigenvalue weighted by molar-refractivity contribution is 0.319. The second-order valence-corrected chi connectivity index (χ2v) is 6.42. The van der Waals surface area contributed by atoms with Crippen LogP contribution in [0.2, 0.25) is 0 Å². The van der Waals surface area contributed by atoms with Crippen molar-refractivity contribution >= 4 is 11.4 Å². The molecule has 0 aliphatic heterocycles. The van der Waals surface area contributed by atoms with E-state index in [-0.39, 0.29) is 0 Å². The Bertz CT molecular complexity index is 460. The molecule has 2 bridgehead atoms. The maximum Gasteiger partial charge on any atom is 0.144 e. The number of hydrogen-bond acceptors (Lipinski definition) is 3. The van der Waals surface area contributed by atoms with Crippen molar-refractivity contribution in [3.63, 3.8) is 0 Å². The van der Waals surface area contributed by atoms with Crippen molar-refractivity contribution < 1.29 is 4.74 Å². The van der Waals surface area contributed by atoms with E-state index in [0.29, 0.717) is 0 Å².